The third kappa shape index (κ3) is 3.46. The SMILES string of the molecule is COCC(O)CSc1ccc2ccccc2c1. The molecule has 0 radical (unpaired) electrons. The van der Waals surface area contributed by atoms with Gasteiger partial charge in [-0.25, -0.2) is 0 Å². The van der Waals surface area contributed by atoms with E-state index in [1.165, 1.54) is 15.7 Å². The molecule has 0 bridgehead atoms. The molecular weight excluding hydrogens is 232 g/mol. The second kappa shape index (κ2) is 6.05. The van der Waals surface area contributed by atoms with Crippen LogP contribution in [0.5, 0.6) is 0 Å². The van der Waals surface area contributed by atoms with Crippen molar-refractivity contribution in [3.05, 3.63) is 42.5 Å². The average molecular weight is 248 g/mol. The van der Waals surface area contributed by atoms with Gasteiger partial charge >= 0.3 is 0 Å². The molecule has 17 heavy (non-hydrogen) atoms. The molecular formula is C14H16O2S. The zero-order chi connectivity index (χ0) is 12.1. The number of fused-ring (bicyclic) bond motifs is 1. The zero-order valence-corrected chi connectivity index (χ0v) is 10.6. The van der Waals surface area contributed by atoms with Gasteiger partial charge in [0.05, 0.1) is 12.7 Å². The van der Waals surface area contributed by atoms with E-state index in [-0.39, 0.29) is 0 Å². The minimum Gasteiger partial charge on any atom is -0.390 e. The normalized spacial score (nSPS) is 12.8. The lowest BCUT2D eigenvalue weighted by molar-refractivity contribution is 0.0794. The molecule has 0 saturated carbocycles. The second-order valence-electron chi connectivity index (χ2n) is 3.93. The first kappa shape index (κ1) is 12.4. The summed E-state index contributed by atoms with van der Waals surface area (Å²) >= 11 is 1.65. The number of rotatable bonds is 5. The fraction of sp³-hybridized carbons (Fsp3) is 0.286. The summed E-state index contributed by atoms with van der Waals surface area (Å²) in [5.74, 6) is 0.659. The Morgan fingerprint density at radius 2 is 1.94 bits per heavy atom. The van der Waals surface area contributed by atoms with Gasteiger partial charge in [0.2, 0.25) is 0 Å². The summed E-state index contributed by atoms with van der Waals surface area (Å²) in [5, 5.41) is 12.1. The van der Waals surface area contributed by atoms with Crippen LogP contribution in [-0.4, -0.2) is 30.7 Å². The molecule has 1 N–H and O–H groups in total. The summed E-state index contributed by atoms with van der Waals surface area (Å²) in [6.07, 6.45) is -0.406. The highest BCUT2D eigenvalue weighted by Gasteiger charge is 2.04. The third-order valence-electron chi connectivity index (χ3n) is 2.52. The molecule has 0 aliphatic carbocycles. The predicted octanol–water partition coefficient (Wildman–Crippen LogP) is 2.94. The topological polar surface area (TPSA) is 29.5 Å². The number of aliphatic hydroxyl groups is 1. The predicted molar refractivity (Wildman–Crippen MR) is 72.6 cm³/mol. The van der Waals surface area contributed by atoms with Crippen LogP contribution in [0.4, 0.5) is 0 Å². The number of aliphatic hydroxyl groups excluding tert-OH is 1. The van der Waals surface area contributed by atoms with Gasteiger partial charge in [-0.1, -0.05) is 30.3 Å². The van der Waals surface area contributed by atoms with Crippen molar-refractivity contribution in [2.75, 3.05) is 19.5 Å². The van der Waals surface area contributed by atoms with E-state index < -0.39 is 6.10 Å². The van der Waals surface area contributed by atoms with E-state index in [9.17, 15) is 5.11 Å². The van der Waals surface area contributed by atoms with Gasteiger partial charge in [0.25, 0.3) is 0 Å². The molecule has 2 rings (SSSR count). The fourth-order valence-corrected chi connectivity index (χ4v) is 2.55. The van der Waals surface area contributed by atoms with E-state index in [4.69, 9.17) is 4.74 Å². The van der Waals surface area contributed by atoms with Crippen molar-refractivity contribution < 1.29 is 9.84 Å². The van der Waals surface area contributed by atoms with Gasteiger partial charge in [-0.05, 0) is 22.9 Å². The molecule has 0 fully saturated rings. The van der Waals surface area contributed by atoms with Crippen molar-refractivity contribution >= 4 is 22.5 Å². The van der Waals surface area contributed by atoms with E-state index in [1.54, 1.807) is 18.9 Å². The lowest BCUT2D eigenvalue weighted by Crippen LogP contribution is -2.16. The summed E-state index contributed by atoms with van der Waals surface area (Å²) < 4.78 is 4.90. The monoisotopic (exact) mass is 248 g/mol. The Morgan fingerprint density at radius 3 is 2.71 bits per heavy atom. The van der Waals surface area contributed by atoms with Gasteiger partial charge in [0, 0.05) is 17.8 Å². The molecule has 0 aliphatic heterocycles. The number of hydrogen-bond donors (Lipinski definition) is 1. The van der Waals surface area contributed by atoms with Crippen molar-refractivity contribution in [1.82, 2.24) is 0 Å². The molecule has 1 unspecified atom stereocenters. The van der Waals surface area contributed by atoms with Gasteiger partial charge in [0.15, 0.2) is 0 Å². The summed E-state index contributed by atoms with van der Waals surface area (Å²) in [5.41, 5.74) is 0. The standard InChI is InChI=1S/C14H16O2S/c1-16-9-13(15)10-17-14-7-6-11-4-2-3-5-12(11)8-14/h2-8,13,15H,9-10H2,1H3. The van der Waals surface area contributed by atoms with E-state index >= 15 is 0 Å². The summed E-state index contributed by atoms with van der Waals surface area (Å²) in [7, 11) is 1.60. The molecule has 0 heterocycles. The number of thioether (sulfide) groups is 1. The van der Waals surface area contributed by atoms with Crippen molar-refractivity contribution in [3.63, 3.8) is 0 Å². The van der Waals surface area contributed by atoms with Crippen molar-refractivity contribution in [3.8, 4) is 0 Å². The molecule has 0 amide bonds. The van der Waals surface area contributed by atoms with Crippen LogP contribution in [0.3, 0.4) is 0 Å². The Labute approximate surface area is 106 Å². The van der Waals surface area contributed by atoms with Gasteiger partial charge in [-0.3, -0.25) is 0 Å². The molecule has 1 atom stereocenters. The van der Waals surface area contributed by atoms with Gasteiger partial charge < -0.3 is 9.84 Å². The molecule has 0 aromatic heterocycles. The Kier molecular flexibility index (Phi) is 4.42. The Hall–Kier alpha value is -1.03. The quantitative estimate of drug-likeness (QED) is 0.825. The van der Waals surface area contributed by atoms with Crippen LogP contribution in [-0.2, 0) is 4.74 Å². The summed E-state index contributed by atoms with van der Waals surface area (Å²) in [6, 6.07) is 14.6. The minimum absolute atomic E-state index is 0.389. The van der Waals surface area contributed by atoms with Crippen LogP contribution < -0.4 is 0 Å². The maximum absolute atomic E-state index is 9.58. The second-order valence-corrected chi connectivity index (χ2v) is 5.02. The first-order valence-electron chi connectivity index (χ1n) is 5.58. The van der Waals surface area contributed by atoms with Crippen LogP contribution in [0.2, 0.25) is 0 Å². The zero-order valence-electron chi connectivity index (χ0n) is 9.80. The summed E-state index contributed by atoms with van der Waals surface area (Å²) in [6.45, 7) is 0.389. The van der Waals surface area contributed by atoms with Gasteiger partial charge in [-0.2, -0.15) is 0 Å². The van der Waals surface area contributed by atoms with E-state index in [0.29, 0.717) is 12.4 Å². The largest absolute Gasteiger partial charge is 0.390 e. The Morgan fingerprint density at radius 1 is 1.18 bits per heavy atom. The van der Waals surface area contributed by atoms with Crippen LogP contribution in [0, 0.1) is 0 Å². The molecule has 2 nitrogen and oxygen atoms in total. The first-order chi connectivity index (χ1) is 8.29. The van der Waals surface area contributed by atoms with E-state index in [0.717, 1.165) is 0 Å². The molecule has 0 spiro atoms. The number of methoxy groups -OCH3 is 1. The van der Waals surface area contributed by atoms with Crippen LogP contribution in [0.25, 0.3) is 10.8 Å². The van der Waals surface area contributed by atoms with Crippen molar-refractivity contribution in [1.29, 1.82) is 0 Å². The molecule has 2 aromatic carbocycles. The lowest BCUT2D eigenvalue weighted by atomic mass is 10.1. The first-order valence-corrected chi connectivity index (χ1v) is 6.57. The molecule has 0 aliphatic rings. The average Bonchev–Trinajstić information content (AvgIpc) is 2.36. The smallest absolute Gasteiger partial charge is 0.0867 e. The van der Waals surface area contributed by atoms with Crippen molar-refractivity contribution in [2.24, 2.45) is 0 Å². The Balaban J connectivity index is 2.04. The highest BCUT2D eigenvalue weighted by molar-refractivity contribution is 7.99. The van der Waals surface area contributed by atoms with Crippen molar-refractivity contribution in [2.45, 2.75) is 11.0 Å². The lowest BCUT2D eigenvalue weighted by Gasteiger charge is -2.09. The van der Waals surface area contributed by atoms with Crippen LogP contribution >= 0.6 is 11.8 Å². The highest BCUT2D eigenvalue weighted by Crippen LogP contribution is 2.24. The maximum Gasteiger partial charge on any atom is 0.0867 e. The van der Waals surface area contributed by atoms with Gasteiger partial charge in [-0.15, -0.1) is 11.8 Å². The molecule has 2 aromatic rings. The van der Waals surface area contributed by atoms with Gasteiger partial charge in [0.1, 0.15) is 0 Å². The number of ether oxygens (including phenoxy) is 1. The van der Waals surface area contributed by atoms with Crippen LogP contribution in [0.1, 0.15) is 0 Å². The Bertz CT molecular complexity index is 484. The third-order valence-corrected chi connectivity index (χ3v) is 3.66. The number of benzene rings is 2. The summed E-state index contributed by atoms with van der Waals surface area (Å²) in [4.78, 5) is 1.18. The molecule has 90 valence electrons. The molecule has 0 saturated heterocycles. The minimum atomic E-state index is -0.406. The maximum atomic E-state index is 9.58. The highest BCUT2D eigenvalue weighted by atomic mass is 32.2. The fourth-order valence-electron chi connectivity index (χ4n) is 1.69. The number of hydrogen-bond acceptors (Lipinski definition) is 3. The van der Waals surface area contributed by atoms with E-state index in [2.05, 4.69) is 30.3 Å². The van der Waals surface area contributed by atoms with E-state index in [1.807, 2.05) is 12.1 Å². The molecule has 3 heteroatoms. The van der Waals surface area contributed by atoms with Crippen LogP contribution in [0.15, 0.2) is 47.4 Å².